The summed E-state index contributed by atoms with van der Waals surface area (Å²) in [5.74, 6) is -0.789. The lowest BCUT2D eigenvalue weighted by molar-refractivity contribution is -0.150. The van der Waals surface area contributed by atoms with Crippen LogP contribution >= 0.6 is 7.60 Å². The minimum absolute atomic E-state index is 0.0805. The molecule has 5 N–H and O–H groups in total. The maximum atomic E-state index is 15.3. The summed E-state index contributed by atoms with van der Waals surface area (Å²) in [6.07, 6.45) is -0.0662. The van der Waals surface area contributed by atoms with Gasteiger partial charge in [0.1, 0.15) is 18.6 Å². The standard InChI is InChI=1S/C54H59N4O10P/c1-64-29-30-65-37-66-51-48(28-25-39-23-26-47(27-24-39)67-38-69(62,63)68-50(44-19-9-4-10-20-44)34-41-15-7-3-8-16-41)57(35-42-17-11-21-45(31-42)52(55)59)54(61)58(49(51)33-40-13-5-2-6-14-40)36-43-18-12-22-46(32-43)53(56)60/h2-24,26-27,31-32,48-51H,25,28-30,33-38H2,1H3,(H2,55,59)(H2,56,60)(H,62,63). The van der Waals surface area contributed by atoms with Crippen LogP contribution in [0, 0.1) is 0 Å². The summed E-state index contributed by atoms with van der Waals surface area (Å²) < 4.78 is 43.2. The van der Waals surface area contributed by atoms with Gasteiger partial charge in [0.05, 0.1) is 31.4 Å². The molecule has 5 unspecified atom stereocenters. The predicted molar refractivity (Wildman–Crippen MR) is 262 cm³/mol. The van der Waals surface area contributed by atoms with Gasteiger partial charge in [0.15, 0.2) is 6.35 Å². The Morgan fingerprint density at radius 3 is 1.80 bits per heavy atom. The van der Waals surface area contributed by atoms with Crippen LogP contribution in [0.25, 0.3) is 0 Å². The molecule has 0 aromatic heterocycles. The van der Waals surface area contributed by atoms with E-state index in [-0.39, 0.29) is 32.5 Å². The average molecular weight is 955 g/mol. The zero-order chi connectivity index (χ0) is 48.6. The van der Waals surface area contributed by atoms with Crippen molar-refractivity contribution in [3.8, 4) is 5.75 Å². The highest BCUT2D eigenvalue weighted by Crippen LogP contribution is 2.48. The molecule has 6 aromatic rings. The summed E-state index contributed by atoms with van der Waals surface area (Å²) in [4.78, 5) is 54.5. The van der Waals surface area contributed by atoms with E-state index in [0.717, 1.165) is 22.3 Å². The number of rotatable bonds is 25. The zero-order valence-corrected chi connectivity index (χ0v) is 39.5. The maximum absolute atomic E-state index is 15.3. The van der Waals surface area contributed by atoms with E-state index in [1.807, 2.05) is 115 Å². The van der Waals surface area contributed by atoms with Crippen molar-refractivity contribution < 1.29 is 47.3 Å². The van der Waals surface area contributed by atoms with Crippen LogP contribution in [-0.4, -0.2) is 84.2 Å². The molecule has 69 heavy (non-hydrogen) atoms. The Kier molecular flexibility index (Phi) is 17.9. The molecule has 0 spiro atoms. The largest absolute Gasteiger partial charge is 0.481 e. The molecular formula is C54H59N4O10P. The number of urea groups is 1. The fourth-order valence-electron chi connectivity index (χ4n) is 8.59. The van der Waals surface area contributed by atoms with Gasteiger partial charge in [0.25, 0.3) is 0 Å². The smallest absolute Gasteiger partial charge is 0.365 e. The third kappa shape index (κ3) is 14.4. The van der Waals surface area contributed by atoms with E-state index in [0.29, 0.717) is 60.3 Å². The third-order valence-corrected chi connectivity index (χ3v) is 13.1. The Morgan fingerprint density at radius 2 is 1.22 bits per heavy atom. The van der Waals surface area contributed by atoms with Gasteiger partial charge in [-0.25, -0.2) is 4.79 Å². The first-order valence-corrected chi connectivity index (χ1v) is 24.6. The molecule has 1 aliphatic heterocycles. The number of aryl methyl sites for hydroxylation is 1. The van der Waals surface area contributed by atoms with Crippen molar-refractivity contribution in [3.05, 3.63) is 208 Å². The van der Waals surface area contributed by atoms with Crippen LogP contribution in [0.4, 0.5) is 4.79 Å². The van der Waals surface area contributed by atoms with Crippen molar-refractivity contribution in [3.63, 3.8) is 0 Å². The van der Waals surface area contributed by atoms with Crippen molar-refractivity contribution in [1.82, 2.24) is 9.80 Å². The molecule has 0 radical (unpaired) electrons. The summed E-state index contributed by atoms with van der Waals surface area (Å²) in [5.41, 5.74) is 17.1. The van der Waals surface area contributed by atoms with Crippen LogP contribution in [0.2, 0.25) is 0 Å². The number of ether oxygens (including phenoxy) is 4. The number of carbonyl (C=O) groups excluding carboxylic acids is 3. The monoisotopic (exact) mass is 954 g/mol. The summed E-state index contributed by atoms with van der Waals surface area (Å²) in [7, 11) is -2.65. The second-order valence-corrected chi connectivity index (χ2v) is 18.7. The second-order valence-electron chi connectivity index (χ2n) is 16.9. The van der Waals surface area contributed by atoms with E-state index in [2.05, 4.69) is 0 Å². The zero-order valence-electron chi connectivity index (χ0n) is 38.6. The Bertz CT molecular complexity index is 2640. The Labute approximate surface area is 403 Å². The van der Waals surface area contributed by atoms with E-state index >= 15 is 4.79 Å². The molecule has 1 fully saturated rings. The lowest BCUT2D eigenvalue weighted by atomic mass is 9.87. The number of benzene rings is 6. The van der Waals surface area contributed by atoms with Crippen LogP contribution in [0.15, 0.2) is 164 Å². The van der Waals surface area contributed by atoms with Gasteiger partial charge in [-0.05, 0) is 89.0 Å². The van der Waals surface area contributed by atoms with Gasteiger partial charge < -0.3 is 45.1 Å². The van der Waals surface area contributed by atoms with Gasteiger partial charge >= 0.3 is 13.6 Å². The minimum Gasteiger partial charge on any atom is -0.481 e. The molecule has 1 saturated heterocycles. The molecule has 5 atom stereocenters. The molecule has 14 nitrogen and oxygen atoms in total. The van der Waals surface area contributed by atoms with Crippen LogP contribution < -0.4 is 16.2 Å². The number of nitrogens with two attached hydrogens (primary N) is 2. The highest BCUT2D eigenvalue weighted by atomic mass is 31.2. The van der Waals surface area contributed by atoms with Gasteiger partial charge in [0, 0.05) is 37.7 Å². The first-order valence-electron chi connectivity index (χ1n) is 22.8. The van der Waals surface area contributed by atoms with Crippen LogP contribution in [-0.2, 0) is 55.7 Å². The maximum Gasteiger partial charge on any atom is 0.365 e. The quantitative estimate of drug-likeness (QED) is 0.0285. The Morgan fingerprint density at radius 1 is 0.667 bits per heavy atom. The van der Waals surface area contributed by atoms with E-state index in [1.54, 1.807) is 65.4 Å². The second kappa shape index (κ2) is 24.6. The number of primary amides is 2. The SMILES string of the molecule is COCCOCOC1C(CCc2ccc(OCP(=O)(O)OC(Cc3ccccc3)c3ccccc3)cc2)N(Cc2cccc(C(N)=O)c2)C(=O)N(Cc2cccc(C(N)=O)c2)C1Cc1ccccc1. The van der Waals surface area contributed by atoms with Gasteiger partial charge in [-0.15, -0.1) is 0 Å². The molecular weight excluding hydrogens is 896 g/mol. The fraction of sp³-hybridized carbons (Fsp3) is 0.278. The molecule has 4 amide bonds. The summed E-state index contributed by atoms with van der Waals surface area (Å²) in [6, 6.07) is 48.6. The number of hydrogen-bond acceptors (Lipinski definition) is 9. The Hall–Kier alpha value is -6.64. The van der Waals surface area contributed by atoms with Crippen molar-refractivity contribution in [2.45, 2.75) is 63.1 Å². The fourth-order valence-corrected chi connectivity index (χ4v) is 9.55. The highest BCUT2D eigenvalue weighted by Gasteiger charge is 2.47. The summed E-state index contributed by atoms with van der Waals surface area (Å²) >= 11 is 0. The van der Waals surface area contributed by atoms with Gasteiger partial charge in [-0.1, -0.05) is 127 Å². The van der Waals surface area contributed by atoms with Crippen LogP contribution in [0.1, 0.15) is 66.6 Å². The molecule has 15 heteroatoms. The molecule has 0 saturated carbocycles. The normalized spacial score (nSPS) is 17.2. The van der Waals surface area contributed by atoms with Crippen LogP contribution in [0.3, 0.4) is 0 Å². The average Bonchev–Trinajstić information content (AvgIpc) is 3.36. The van der Waals surface area contributed by atoms with E-state index < -0.39 is 50.0 Å². The van der Waals surface area contributed by atoms with Crippen molar-refractivity contribution in [2.24, 2.45) is 11.5 Å². The molecule has 1 heterocycles. The van der Waals surface area contributed by atoms with Crippen molar-refractivity contribution >= 4 is 25.4 Å². The minimum atomic E-state index is -4.24. The molecule has 0 bridgehead atoms. The third-order valence-electron chi connectivity index (χ3n) is 12.0. The number of nitrogens with zero attached hydrogens (tertiary/aromatic N) is 2. The number of amides is 4. The first-order chi connectivity index (χ1) is 33.5. The summed E-state index contributed by atoms with van der Waals surface area (Å²) in [6.45, 7) is 0.829. The van der Waals surface area contributed by atoms with Gasteiger partial charge in [-0.3, -0.25) is 18.7 Å². The molecule has 0 aliphatic carbocycles. The molecule has 360 valence electrons. The van der Waals surface area contributed by atoms with E-state index in [9.17, 15) is 19.0 Å². The topological polar surface area (TPSA) is 193 Å². The highest BCUT2D eigenvalue weighted by molar-refractivity contribution is 7.52. The molecule has 1 aliphatic rings. The van der Waals surface area contributed by atoms with Crippen molar-refractivity contribution in [2.75, 3.05) is 33.5 Å². The van der Waals surface area contributed by atoms with Crippen LogP contribution in [0.5, 0.6) is 5.75 Å². The molecule has 7 rings (SSSR count). The number of methoxy groups -OCH3 is 1. The first kappa shape index (κ1) is 50.2. The van der Waals surface area contributed by atoms with Crippen molar-refractivity contribution in [1.29, 1.82) is 0 Å². The van der Waals surface area contributed by atoms with E-state index in [4.69, 9.17) is 34.9 Å². The Balaban J connectivity index is 1.15. The number of hydrogen-bond donors (Lipinski definition) is 3. The summed E-state index contributed by atoms with van der Waals surface area (Å²) in [5, 5.41) is 0. The molecule has 6 aromatic carbocycles. The predicted octanol–water partition coefficient (Wildman–Crippen LogP) is 8.46. The number of carbonyl (C=O) groups is 3. The lowest BCUT2D eigenvalue weighted by Gasteiger charge is -2.51. The van der Waals surface area contributed by atoms with E-state index in [1.165, 1.54) is 0 Å². The van der Waals surface area contributed by atoms with Gasteiger partial charge in [0.2, 0.25) is 11.8 Å². The van der Waals surface area contributed by atoms with Gasteiger partial charge in [-0.2, -0.15) is 0 Å². The lowest BCUT2D eigenvalue weighted by Crippen LogP contribution is -2.66.